The van der Waals surface area contributed by atoms with E-state index < -0.39 is 0 Å². The van der Waals surface area contributed by atoms with Crippen LogP contribution in [-0.2, 0) is 6.42 Å². The zero-order valence-corrected chi connectivity index (χ0v) is 22.6. The molecule has 0 spiro atoms. The first-order valence-electron chi connectivity index (χ1n) is 12.6. The highest BCUT2D eigenvalue weighted by molar-refractivity contribution is 6.36. The average molecular weight is 547 g/mol. The Balaban J connectivity index is 1.32. The van der Waals surface area contributed by atoms with E-state index in [4.69, 9.17) is 28.2 Å². The van der Waals surface area contributed by atoms with Gasteiger partial charge in [0, 0.05) is 29.4 Å². The zero-order chi connectivity index (χ0) is 26.3. The molecule has 1 aliphatic rings. The van der Waals surface area contributed by atoms with Crippen LogP contribution in [0.3, 0.4) is 0 Å². The number of anilines is 4. The molecule has 4 aromatic rings. The topological polar surface area (TPSA) is 78.3 Å². The highest BCUT2D eigenvalue weighted by Gasteiger charge is 2.22. The number of hydrazone groups is 1. The third-order valence-electron chi connectivity index (χ3n) is 6.53. The lowest BCUT2D eigenvalue weighted by molar-refractivity contribution is 0.400. The molecule has 1 aromatic heterocycles. The molecule has 5 rings (SSSR count). The minimum atomic E-state index is 0.345. The molecule has 2 N–H and O–H groups in total. The standard InChI is InChI=1S/C29H29Cl2N7/c1-20-7-11-25(12-8-20)33-27-34-28(37-32-19-23-9-10-24(30)18-26(23)31)36-29(35-27)38-15-13-22(14-16-38)17-21-5-3-2-4-6-21/h2-12,18-19,22H,13-17H2,1H3,(H2,33,34,35,36,37). The van der Waals surface area contributed by atoms with Gasteiger partial charge in [0.25, 0.3) is 0 Å². The van der Waals surface area contributed by atoms with E-state index >= 15 is 0 Å². The Morgan fingerprint density at radius 3 is 2.39 bits per heavy atom. The molecule has 0 bridgehead atoms. The molecule has 1 aliphatic heterocycles. The van der Waals surface area contributed by atoms with Gasteiger partial charge in [-0.25, -0.2) is 5.43 Å². The quantitative estimate of drug-likeness (QED) is 0.181. The SMILES string of the molecule is Cc1ccc(Nc2nc(NN=Cc3ccc(Cl)cc3Cl)nc(N3CCC(Cc4ccccc4)CC3)n2)cc1. The molecule has 0 atom stereocenters. The van der Waals surface area contributed by atoms with Crippen LogP contribution >= 0.6 is 23.2 Å². The summed E-state index contributed by atoms with van der Waals surface area (Å²) >= 11 is 12.3. The van der Waals surface area contributed by atoms with Crippen molar-refractivity contribution < 1.29 is 0 Å². The van der Waals surface area contributed by atoms with Gasteiger partial charge in [-0.1, -0.05) is 77.3 Å². The number of nitrogens with one attached hydrogen (secondary N) is 2. The Hall–Kier alpha value is -3.68. The normalized spacial score (nSPS) is 14.1. The van der Waals surface area contributed by atoms with Crippen molar-refractivity contribution in [3.8, 4) is 0 Å². The molecule has 38 heavy (non-hydrogen) atoms. The van der Waals surface area contributed by atoms with Crippen molar-refractivity contribution in [2.45, 2.75) is 26.2 Å². The number of nitrogens with zero attached hydrogens (tertiary/aromatic N) is 5. The van der Waals surface area contributed by atoms with Crippen LogP contribution in [0.5, 0.6) is 0 Å². The molecule has 0 radical (unpaired) electrons. The fourth-order valence-corrected chi connectivity index (χ4v) is 4.89. The van der Waals surface area contributed by atoms with E-state index in [1.807, 2.05) is 24.3 Å². The molecule has 0 aliphatic carbocycles. The maximum Gasteiger partial charge on any atom is 0.250 e. The fourth-order valence-electron chi connectivity index (χ4n) is 4.43. The van der Waals surface area contributed by atoms with Crippen molar-refractivity contribution >= 4 is 52.9 Å². The number of rotatable bonds is 8. The average Bonchev–Trinajstić information content (AvgIpc) is 2.92. The van der Waals surface area contributed by atoms with Gasteiger partial charge in [0.1, 0.15) is 0 Å². The minimum Gasteiger partial charge on any atom is -0.341 e. The molecule has 0 unspecified atom stereocenters. The van der Waals surface area contributed by atoms with E-state index in [2.05, 4.69) is 68.0 Å². The Bertz CT molecular complexity index is 1390. The molecule has 1 fully saturated rings. The maximum absolute atomic E-state index is 6.27. The first-order valence-corrected chi connectivity index (χ1v) is 13.4. The van der Waals surface area contributed by atoms with E-state index in [-0.39, 0.29) is 0 Å². The number of hydrogen-bond donors (Lipinski definition) is 2. The summed E-state index contributed by atoms with van der Waals surface area (Å²) in [5.74, 6) is 2.06. The molecule has 0 saturated carbocycles. The predicted molar refractivity (Wildman–Crippen MR) is 157 cm³/mol. The minimum absolute atomic E-state index is 0.345. The van der Waals surface area contributed by atoms with E-state index in [9.17, 15) is 0 Å². The van der Waals surface area contributed by atoms with Gasteiger partial charge >= 0.3 is 0 Å². The van der Waals surface area contributed by atoms with Crippen molar-refractivity contribution in [2.75, 3.05) is 28.7 Å². The third-order valence-corrected chi connectivity index (χ3v) is 7.09. The highest BCUT2D eigenvalue weighted by Crippen LogP contribution is 2.26. The lowest BCUT2D eigenvalue weighted by Gasteiger charge is -2.32. The highest BCUT2D eigenvalue weighted by atomic mass is 35.5. The van der Waals surface area contributed by atoms with E-state index in [1.165, 1.54) is 11.1 Å². The lowest BCUT2D eigenvalue weighted by atomic mass is 9.90. The summed E-state index contributed by atoms with van der Waals surface area (Å²) in [6.07, 6.45) is 4.87. The molecule has 1 saturated heterocycles. The van der Waals surface area contributed by atoms with Crippen LogP contribution < -0.4 is 15.6 Å². The summed E-state index contributed by atoms with van der Waals surface area (Å²) in [5, 5.41) is 8.69. The second kappa shape index (κ2) is 12.2. The Morgan fingerprint density at radius 2 is 1.66 bits per heavy atom. The van der Waals surface area contributed by atoms with Crippen LogP contribution in [-0.4, -0.2) is 34.3 Å². The summed E-state index contributed by atoms with van der Waals surface area (Å²) in [6.45, 7) is 3.82. The lowest BCUT2D eigenvalue weighted by Crippen LogP contribution is -2.35. The van der Waals surface area contributed by atoms with Crippen LogP contribution in [0, 0.1) is 12.8 Å². The second-order valence-corrected chi connectivity index (χ2v) is 10.3. The molecule has 2 heterocycles. The number of aryl methyl sites for hydroxylation is 1. The molecule has 194 valence electrons. The largest absolute Gasteiger partial charge is 0.341 e. The molecular formula is C29H29Cl2N7. The summed E-state index contributed by atoms with van der Waals surface area (Å²) in [4.78, 5) is 16.2. The molecular weight excluding hydrogens is 517 g/mol. The predicted octanol–water partition coefficient (Wildman–Crippen LogP) is 7.14. The molecule has 0 amide bonds. The Labute approximate surface area is 233 Å². The van der Waals surface area contributed by atoms with Crippen LogP contribution in [0.2, 0.25) is 10.0 Å². The van der Waals surface area contributed by atoms with Crippen molar-refractivity contribution in [3.63, 3.8) is 0 Å². The van der Waals surface area contributed by atoms with Gasteiger partial charge in [-0.2, -0.15) is 20.1 Å². The number of piperidine rings is 1. The van der Waals surface area contributed by atoms with Crippen LogP contribution in [0.15, 0.2) is 77.9 Å². The van der Waals surface area contributed by atoms with Gasteiger partial charge in [-0.3, -0.25) is 0 Å². The van der Waals surface area contributed by atoms with Crippen molar-refractivity contribution in [1.82, 2.24) is 15.0 Å². The van der Waals surface area contributed by atoms with Gasteiger partial charge in [-0.15, -0.1) is 0 Å². The maximum atomic E-state index is 6.27. The first kappa shape index (κ1) is 25.9. The van der Waals surface area contributed by atoms with Gasteiger partial charge in [0.15, 0.2) is 0 Å². The first-order chi connectivity index (χ1) is 18.5. The van der Waals surface area contributed by atoms with Crippen molar-refractivity contribution in [1.29, 1.82) is 0 Å². The smallest absolute Gasteiger partial charge is 0.250 e. The van der Waals surface area contributed by atoms with Gasteiger partial charge < -0.3 is 10.2 Å². The fraction of sp³-hybridized carbons (Fsp3) is 0.241. The number of aromatic nitrogens is 3. The van der Waals surface area contributed by atoms with E-state index in [0.29, 0.717) is 33.8 Å². The summed E-state index contributed by atoms with van der Waals surface area (Å²) in [5.41, 5.74) is 7.15. The molecule has 7 nitrogen and oxygen atoms in total. The summed E-state index contributed by atoms with van der Waals surface area (Å²) < 4.78 is 0. The zero-order valence-electron chi connectivity index (χ0n) is 21.1. The molecule has 9 heteroatoms. The Kier molecular flexibility index (Phi) is 8.36. The van der Waals surface area contributed by atoms with E-state index in [0.717, 1.165) is 43.6 Å². The van der Waals surface area contributed by atoms with Gasteiger partial charge in [0.2, 0.25) is 17.8 Å². The van der Waals surface area contributed by atoms with Crippen LogP contribution in [0.1, 0.15) is 29.5 Å². The van der Waals surface area contributed by atoms with Gasteiger partial charge in [-0.05, 0) is 61.9 Å². The summed E-state index contributed by atoms with van der Waals surface area (Å²) in [7, 11) is 0. The van der Waals surface area contributed by atoms with Crippen molar-refractivity contribution in [3.05, 3.63) is 99.5 Å². The third kappa shape index (κ3) is 7.00. The van der Waals surface area contributed by atoms with Crippen molar-refractivity contribution in [2.24, 2.45) is 11.0 Å². The monoisotopic (exact) mass is 545 g/mol. The van der Waals surface area contributed by atoms with E-state index in [1.54, 1.807) is 24.4 Å². The summed E-state index contributed by atoms with van der Waals surface area (Å²) in [6, 6.07) is 24.0. The van der Waals surface area contributed by atoms with Crippen LogP contribution in [0.4, 0.5) is 23.5 Å². The van der Waals surface area contributed by atoms with Gasteiger partial charge in [0.05, 0.1) is 11.2 Å². The molecule has 3 aromatic carbocycles. The Morgan fingerprint density at radius 1 is 0.921 bits per heavy atom. The van der Waals surface area contributed by atoms with Crippen LogP contribution in [0.25, 0.3) is 0 Å². The number of benzene rings is 3. The number of halogens is 2. The number of hydrogen-bond acceptors (Lipinski definition) is 7. The second-order valence-electron chi connectivity index (χ2n) is 9.43.